The summed E-state index contributed by atoms with van der Waals surface area (Å²) in [5, 5.41) is 8.30. The van der Waals surface area contributed by atoms with Gasteiger partial charge in [0.05, 0.1) is 17.6 Å². The van der Waals surface area contributed by atoms with Crippen LogP contribution in [0.2, 0.25) is 0 Å². The second-order valence-corrected chi connectivity index (χ2v) is 6.11. The van der Waals surface area contributed by atoms with E-state index >= 15 is 0 Å². The Morgan fingerprint density at radius 1 is 1.28 bits per heavy atom. The Bertz CT molecular complexity index is 531. The van der Waals surface area contributed by atoms with Gasteiger partial charge in [0.1, 0.15) is 0 Å². The lowest BCUT2D eigenvalue weighted by molar-refractivity contribution is 0.787. The van der Waals surface area contributed by atoms with Crippen LogP contribution < -0.4 is 0 Å². The van der Waals surface area contributed by atoms with Gasteiger partial charge in [-0.15, -0.1) is 16.7 Å². The van der Waals surface area contributed by atoms with Crippen LogP contribution in [0.3, 0.4) is 0 Å². The molecule has 1 aromatic carbocycles. The van der Waals surface area contributed by atoms with E-state index in [-0.39, 0.29) is 0 Å². The van der Waals surface area contributed by atoms with Crippen LogP contribution >= 0.6 is 43.5 Å². The molecule has 3 nitrogen and oxygen atoms in total. The first-order valence-corrected chi connectivity index (χ1v) is 7.67. The van der Waals surface area contributed by atoms with Crippen molar-refractivity contribution in [3.05, 3.63) is 38.5 Å². The zero-order chi connectivity index (χ0) is 13.1. The second-order valence-electron chi connectivity index (χ2n) is 4.02. The number of rotatable bonds is 4. The van der Waals surface area contributed by atoms with Crippen molar-refractivity contribution >= 4 is 43.5 Å². The highest BCUT2D eigenvalue weighted by Crippen LogP contribution is 2.30. The molecule has 18 heavy (non-hydrogen) atoms. The molecule has 0 unspecified atom stereocenters. The Morgan fingerprint density at radius 3 is 2.56 bits per heavy atom. The van der Waals surface area contributed by atoms with E-state index in [1.807, 2.05) is 13.1 Å². The summed E-state index contributed by atoms with van der Waals surface area (Å²) in [5.41, 5.74) is 3.10. The average molecular weight is 394 g/mol. The van der Waals surface area contributed by atoms with Gasteiger partial charge in [-0.2, -0.15) is 0 Å². The van der Waals surface area contributed by atoms with Crippen molar-refractivity contribution in [2.24, 2.45) is 0 Å². The molecule has 0 aliphatic heterocycles. The lowest BCUT2D eigenvalue weighted by Gasteiger charge is -2.07. The lowest BCUT2D eigenvalue weighted by Crippen LogP contribution is -1.98. The summed E-state index contributed by atoms with van der Waals surface area (Å²) in [4.78, 5) is 0. The minimum absolute atomic E-state index is 0.644. The second kappa shape index (κ2) is 6.17. The molecule has 1 aromatic heterocycles. The van der Waals surface area contributed by atoms with Gasteiger partial charge in [-0.25, -0.2) is 4.68 Å². The third-order valence-electron chi connectivity index (χ3n) is 2.50. The molecule has 0 radical (unpaired) electrons. The molecule has 96 valence electrons. The number of aromatic nitrogens is 3. The van der Waals surface area contributed by atoms with Gasteiger partial charge in [0.25, 0.3) is 0 Å². The Hall–Kier alpha value is -0.390. The van der Waals surface area contributed by atoms with Crippen LogP contribution in [0.4, 0.5) is 0 Å². The molecule has 6 heteroatoms. The van der Waals surface area contributed by atoms with Crippen LogP contribution in [0.5, 0.6) is 0 Å². The summed E-state index contributed by atoms with van der Waals surface area (Å²) >= 11 is 12.8. The minimum Gasteiger partial charge on any atom is -0.218 e. The number of aryl methyl sites for hydroxylation is 2. The third-order valence-corrected chi connectivity index (χ3v) is 3.97. The molecule has 1 heterocycles. The first-order chi connectivity index (χ1) is 8.61. The van der Waals surface area contributed by atoms with Crippen LogP contribution in [0, 0.1) is 6.92 Å². The van der Waals surface area contributed by atoms with E-state index in [9.17, 15) is 0 Å². The maximum atomic E-state index is 5.67. The van der Waals surface area contributed by atoms with Gasteiger partial charge in [-0.3, -0.25) is 0 Å². The van der Waals surface area contributed by atoms with E-state index in [0.717, 1.165) is 33.2 Å². The molecule has 0 atom stereocenters. The highest BCUT2D eigenvalue weighted by atomic mass is 79.9. The summed E-state index contributed by atoms with van der Waals surface area (Å²) in [7, 11) is 0. The first kappa shape index (κ1) is 14.0. The molecule has 2 aromatic rings. The topological polar surface area (TPSA) is 30.7 Å². The molecular formula is C12H12Br2ClN3. The lowest BCUT2D eigenvalue weighted by atomic mass is 10.2. The quantitative estimate of drug-likeness (QED) is 0.726. The molecule has 0 saturated carbocycles. The van der Waals surface area contributed by atoms with Crippen molar-refractivity contribution in [1.82, 2.24) is 15.0 Å². The number of alkyl halides is 1. The van der Waals surface area contributed by atoms with Crippen molar-refractivity contribution in [1.29, 1.82) is 0 Å². The molecule has 0 amide bonds. The highest BCUT2D eigenvalue weighted by molar-refractivity contribution is 9.11. The molecule has 0 aliphatic carbocycles. The Morgan fingerprint density at radius 2 is 1.94 bits per heavy atom. The molecule has 0 spiro atoms. The normalized spacial score (nSPS) is 10.9. The van der Waals surface area contributed by atoms with Gasteiger partial charge < -0.3 is 0 Å². The summed E-state index contributed by atoms with van der Waals surface area (Å²) in [6.07, 6.45) is 3.70. The molecule has 0 saturated heterocycles. The van der Waals surface area contributed by atoms with Gasteiger partial charge in [0.2, 0.25) is 0 Å². The van der Waals surface area contributed by atoms with Crippen molar-refractivity contribution in [3.63, 3.8) is 0 Å². The number of nitrogens with zero attached hydrogens (tertiary/aromatic N) is 3. The average Bonchev–Trinajstić information content (AvgIpc) is 2.73. The highest BCUT2D eigenvalue weighted by Gasteiger charge is 2.10. The maximum Gasteiger partial charge on any atom is 0.0947 e. The molecular weight excluding hydrogens is 381 g/mol. The Labute approximate surface area is 128 Å². The Kier molecular flexibility index (Phi) is 4.81. The van der Waals surface area contributed by atoms with Crippen LogP contribution in [-0.4, -0.2) is 20.9 Å². The molecule has 0 N–H and O–H groups in total. The predicted octanol–water partition coefficient (Wildman–Crippen LogP) is 4.27. The number of hydrogen-bond donors (Lipinski definition) is 0. The molecule has 2 rings (SSSR count). The monoisotopic (exact) mass is 391 g/mol. The van der Waals surface area contributed by atoms with E-state index in [4.69, 9.17) is 11.6 Å². The predicted molar refractivity (Wildman–Crippen MR) is 80.5 cm³/mol. The summed E-state index contributed by atoms with van der Waals surface area (Å²) in [6, 6.07) is 4.11. The fourth-order valence-corrected chi connectivity index (χ4v) is 3.59. The zero-order valence-electron chi connectivity index (χ0n) is 9.83. The summed E-state index contributed by atoms with van der Waals surface area (Å²) in [5.74, 6) is 0.644. The van der Waals surface area contributed by atoms with Crippen LogP contribution in [0.15, 0.2) is 27.3 Å². The number of hydrogen-bond acceptors (Lipinski definition) is 2. The number of benzene rings is 1. The third kappa shape index (κ3) is 3.13. The summed E-state index contributed by atoms with van der Waals surface area (Å²) in [6.45, 7) is 2.05. The number of halogens is 3. The van der Waals surface area contributed by atoms with E-state index < -0.39 is 0 Å². The zero-order valence-corrected chi connectivity index (χ0v) is 13.8. The largest absolute Gasteiger partial charge is 0.218 e. The van der Waals surface area contributed by atoms with Crippen LogP contribution in [0.1, 0.15) is 17.7 Å². The standard InChI is InChI=1S/C12H12Br2ClN3/c1-8-5-10(13)12(11(14)6-8)18-7-9(16-17-18)3-2-4-15/h5-7H,2-4H2,1H3. The maximum absolute atomic E-state index is 5.67. The van der Waals surface area contributed by atoms with E-state index in [0.29, 0.717) is 5.88 Å². The molecule has 0 aliphatic rings. The van der Waals surface area contributed by atoms with Crippen molar-refractivity contribution in [2.45, 2.75) is 19.8 Å². The van der Waals surface area contributed by atoms with Crippen molar-refractivity contribution < 1.29 is 0 Å². The van der Waals surface area contributed by atoms with Gasteiger partial charge in [0, 0.05) is 14.8 Å². The van der Waals surface area contributed by atoms with E-state index in [1.165, 1.54) is 5.56 Å². The van der Waals surface area contributed by atoms with E-state index in [2.05, 4.69) is 54.3 Å². The molecule has 0 bridgehead atoms. The fraction of sp³-hybridized carbons (Fsp3) is 0.333. The van der Waals surface area contributed by atoms with Gasteiger partial charge in [0.15, 0.2) is 0 Å². The van der Waals surface area contributed by atoms with Gasteiger partial charge in [-0.1, -0.05) is 5.21 Å². The van der Waals surface area contributed by atoms with Gasteiger partial charge in [-0.05, 0) is 69.3 Å². The van der Waals surface area contributed by atoms with Crippen LogP contribution in [0.25, 0.3) is 5.69 Å². The van der Waals surface area contributed by atoms with E-state index in [1.54, 1.807) is 4.68 Å². The fourth-order valence-electron chi connectivity index (χ4n) is 1.68. The van der Waals surface area contributed by atoms with Gasteiger partial charge >= 0.3 is 0 Å². The SMILES string of the molecule is Cc1cc(Br)c(-n2cc(CCCCl)nn2)c(Br)c1. The first-order valence-electron chi connectivity index (χ1n) is 5.55. The van der Waals surface area contributed by atoms with Crippen molar-refractivity contribution in [3.8, 4) is 5.69 Å². The summed E-state index contributed by atoms with van der Waals surface area (Å²) < 4.78 is 3.75. The smallest absolute Gasteiger partial charge is 0.0947 e. The molecule has 0 fully saturated rings. The van der Waals surface area contributed by atoms with Crippen LogP contribution in [-0.2, 0) is 6.42 Å². The Balaban J connectivity index is 2.34. The minimum atomic E-state index is 0.644. The van der Waals surface area contributed by atoms with Crippen molar-refractivity contribution in [2.75, 3.05) is 5.88 Å².